The first-order valence-electron chi connectivity index (χ1n) is 11.7. The monoisotopic (exact) mass is 516 g/mol. The van der Waals surface area contributed by atoms with Gasteiger partial charge in [0.05, 0.1) is 0 Å². The van der Waals surface area contributed by atoms with Gasteiger partial charge in [-0.05, 0) is 88.1 Å². The third-order valence-corrected chi connectivity index (χ3v) is 5.39. The van der Waals surface area contributed by atoms with Gasteiger partial charge in [-0.15, -0.1) is 0 Å². The minimum Gasteiger partial charge on any atom is -0.412 e. The molecule has 0 atom stereocenters. The van der Waals surface area contributed by atoms with E-state index >= 15 is 0 Å². The quantitative estimate of drug-likeness (QED) is 0.481. The number of carbonyl (C=O) groups excluding carboxylic acids is 4. The van der Waals surface area contributed by atoms with E-state index in [2.05, 4.69) is 21.3 Å². The first kappa shape index (κ1) is 32.9. The highest BCUT2D eigenvalue weighted by Gasteiger charge is 2.16. The normalized spacial score (nSPS) is 9.51. The van der Waals surface area contributed by atoms with Crippen molar-refractivity contribution < 1.29 is 24.7 Å². The van der Waals surface area contributed by atoms with Crippen LogP contribution in [-0.2, 0) is 0 Å². The van der Waals surface area contributed by atoms with E-state index in [0.717, 1.165) is 32.1 Å². The average Bonchev–Trinajstić information content (AvgIpc) is 2.83. The number of hydrogen-bond donors (Lipinski definition) is 4. The highest BCUT2D eigenvalue weighted by atomic mass is 16.2. The number of amides is 8. The number of nitrogens with zero attached hydrogens (tertiary/aromatic N) is 2. The molecule has 0 aliphatic rings. The molecule has 0 radical (unpaired) electrons. The van der Waals surface area contributed by atoms with Gasteiger partial charge in [0, 0.05) is 38.6 Å². The van der Waals surface area contributed by atoms with Gasteiger partial charge in [-0.1, -0.05) is 12.1 Å². The van der Waals surface area contributed by atoms with Gasteiger partial charge in [0.25, 0.3) is 0 Å². The molecule has 0 aliphatic carbocycles. The highest BCUT2D eigenvalue weighted by Crippen LogP contribution is 2.15. The number of urea groups is 4. The molecule has 0 aromatic heterocycles. The van der Waals surface area contributed by atoms with E-state index in [1.54, 1.807) is 13.8 Å². The Morgan fingerprint density at radius 2 is 0.919 bits per heavy atom. The summed E-state index contributed by atoms with van der Waals surface area (Å²) >= 11 is 0. The lowest BCUT2D eigenvalue weighted by molar-refractivity contribution is 0.201. The zero-order chi connectivity index (χ0) is 27.4. The van der Waals surface area contributed by atoms with Crippen LogP contribution in [-0.4, -0.2) is 66.6 Å². The molecule has 2 rings (SSSR count). The standard InChI is InChI=1S/2C13H19N3O2.H2O/c2*1-5-14-12(17)16(4)13(18)15-11-7-6-9(2)10(3)8-11;/h2*6-8H,5H2,1-4H3,(H,14,17)(H,15,18);1H2. The third kappa shape index (κ3) is 10.6. The van der Waals surface area contributed by atoms with Crippen molar-refractivity contribution in [3.63, 3.8) is 0 Å². The molecule has 0 spiro atoms. The molecule has 0 saturated carbocycles. The molecule has 2 aromatic carbocycles. The fourth-order valence-corrected chi connectivity index (χ4v) is 2.78. The maximum Gasteiger partial charge on any atom is 0.329 e. The predicted molar refractivity (Wildman–Crippen MR) is 147 cm³/mol. The smallest absolute Gasteiger partial charge is 0.329 e. The Hall–Kier alpha value is -4.12. The summed E-state index contributed by atoms with van der Waals surface area (Å²) in [7, 11) is 2.86. The van der Waals surface area contributed by atoms with E-state index in [1.165, 1.54) is 14.1 Å². The lowest BCUT2D eigenvalue weighted by Crippen LogP contribution is -2.43. The van der Waals surface area contributed by atoms with Crippen molar-refractivity contribution in [1.82, 2.24) is 20.4 Å². The number of nitrogens with one attached hydrogen (secondary N) is 4. The van der Waals surface area contributed by atoms with Crippen molar-refractivity contribution >= 4 is 35.5 Å². The Kier molecular flexibility index (Phi) is 14.0. The second-order valence-corrected chi connectivity index (χ2v) is 8.25. The molecule has 11 heteroatoms. The Balaban J connectivity index is 0.000000682. The van der Waals surface area contributed by atoms with Gasteiger partial charge < -0.3 is 26.7 Å². The molecule has 204 valence electrons. The van der Waals surface area contributed by atoms with Gasteiger partial charge in [-0.25, -0.2) is 29.0 Å². The molecule has 0 bridgehead atoms. The van der Waals surface area contributed by atoms with Crippen LogP contribution in [0.5, 0.6) is 0 Å². The van der Waals surface area contributed by atoms with Gasteiger partial charge in [0.2, 0.25) is 0 Å². The highest BCUT2D eigenvalue weighted by molar-refractivity contribution is 6.01. The second-order valence-electron chi connectivity index (χ2n) is 8.25. The van der Waals surface area contributed by atoms with Crippen LogP contribution < -0.4 is 21.3 Å². The lowest BCUT2D eigenvalue weighted by atomic mass is 10.1. The predicted octanol–water partition coefficient (Wildman–Crippen LogP) is 4.17. The molecule has 0 fully saturated rings. The fraction of sp³-hybridized carbons (Fsp3) is 0.385. The van der Waals surface area contributed by atoms with Crippen LogP contribution in [0.4, 0.5) is 30.6 Å². The summed E-state index contributed by atoms with van der Waals surface area (Å²) in [6.45, 7) is 12.5. The van der Waals surface area contributed by atoms with E-state index in [9.17, 15) is 19.2 Å². The van der Waals surface area contributed by atoms with E-state index in [1.807, 2.05) is 64.1 Å². The first-order valence-corrected chi connectivity index (χ1v) is 11.7. The summed E-state index contributed by atoms with van der Waals surface area (Å²) in [6, 6.07) is 9.48. The zero-order valence-electron chi connectivity index (χ0n) is 22.9. The van der Waals surface area contributed by atoms with Crippen LogP contribution in [0.15, 0.2) is 36.4 Å². The van der Waals surface area contributed by atoms with Gasteiger partial charge >= 0.3 is 24.1 Å². The maximum absolute atomic E-state index is 11.8. The number of hydrogen-bond acceptors (Lipinski definition) is 4. The van der Waals surface area contributed by atoms with Crippen LogP contribution in [0.1, 0.15) is 36.1 Å². The van der Waals surface area contributed by atoms with Gasteiger partial charge in [-0.2, -0.15) is 0 Å². The minimum atomic E-state index is -0.454. The molecule has 0 saturated heterocycles. The van der Waals surface area contributed by atoms with Crippen LogP contribution in [0.3, 0.4) is 0 Å². The summed E-state index contributed by atoms with van der Waals surface area (Å²) in [4.78, 5) is 48.5. The van der Waals surface area contributed by atoms with Crippen LogP contribution in [0, 0.1) is 27.7 Å². The Morgan fingerprint density at radius 1 is 0.595 bits per heavy atom. The molecule has 0 heterocycles. The maximum atomic E-state index is 11.8. The molecule has 37 heavy (non-hydrogen) atoms. The van der Waals surface area contributed by atoms with Crippen molar-refractivity contribution in [3.05, 3.63) is 58.7 Å². The molecule has 0 unspecified atom stereocenters. The number of anilines is 2. The first-order chi connectivity index (χ1) is 16.9. The number of benzene rings is 2. The zero-order valence-corrected chi connectivity index (χ0v) is 22.9. The Morgan fingerprint density at radius 3 is 1.19 bits per heavy atom. The van der Waals surface area contributed by atoms with Crippen LogP contribution in [0.2, 0.25) is 0 Å². The molecule has 2 aromatic rings. The third-order valence-electron chi connectivity index (χ3n) is 5.39. The largest absolute Gasteiger partial charge is 0.412 e. The number of carbonyl (C=O) groups is 4. The molecule has 11 nitrogen and oxygen atoms in total. The van der Waals surface area contributed by atoms with Crippen molar-refractivity contribution in [2.45, 2.75) is 41.5 Å². The molecular formula is C26H40N6O5. The Bertz CT molecular complexity index is 1000. The second kappa shape index (κ2) is 15.8. The topological polar surface area (TPSA) is 154 Å². The van der Waals surface area contributed by atoms with Gasteiger partial charge in [0.15, 0.2) is 0 Å². The lowest BCUT2D eigenvalue weighted by Gasteiger charge is -2.16. The van der Waals surface area contributed by atoms with E-state index in [-0.39, 0.29) is 5.48 Å². The van der Waals surface area contributed by atoms with Crippen LogP contribution in [0.25, 0.3) is 0 Å². The van der Waals surface area contributed by atoms with Gasteiger partial charge in [0.1, 0.15) is 0 Å². The summed E-state index contributed by atoms with van der Waals surface area (Å²) in [5.41, 5.74) is 5.86. The van der Waals surface area contributed by atoms with Crippen LogP contribution >= 0.6 is 0 Å². The van der Waals surface area contributed by atoms with Crippen molar-refractivity contribution in [2.24, 2.45) is 0 Å². The molecule has 0 aliphatic heterocycles. The minimum absolute atomic E-state index is 0. The van der Waals surface area contributed by atoms with Crippen molar-refractivity contribution in [1.29, 1.82) is 0 Å². The van der Waals surface area contributed by atoms with Crippen molar-refractivity contribution in [3.8, 4) is 0 Å². The van der Waals surface area contributed by atoms with E-state index in [0.29, 0.717) is 24.5 Å². The summed E-state index contributed by atoms with van der Waals surface area (Å²) in [5.74, 6) is 0. The summed E-state index contributed by atoms with van der Waals surface area (Å²) in [5, 5.41) is 10.5. The number of rotatable bonds is 4. The van der Waals surface area contributed by atoms with E-state index in [4.69, 9.17) is 0 Å². The molecule has 8 amide bonds. The number of aryl methyl sites for hydroxylation is 4. The van der Waals surface area contributed by atoms with Gasteiger partial charge in [-0.3, -0.25) is 0 Å². The average molecular weight is 517 g/mol. The molecular weight excluding hydrogens is 476 g/mol. The molecule has 6 N–H and O–H groups in total. The summed E-state index contributed by atoms with van der Waals surface area (Å²) in [6.07, 6.45) is 0. The fourth-order valence-electron chi connectivity index (χ4n) is 2.78. The Labute approximate surface area is 218 Å². The SMILES string of the molecule is CCNC(=O)N(C)C(=O)Nc1ccc(C)c(C)c1.CCNC(=O)N(C)C(=O)Nc1ccc(C)c(C)c1.O. The number of imide groups is 2. The van der Waals surface area contributed by atoms with Crippen molar-refractivity contribution in [2.75, 3.05) is 37.8 Å². The van der Waals surface area contributed by atoms with E-state index < -0.39 is 24.1 Å². The summed E-state index contributed by atoms with van der Waals surface area (Å²) < 4.78 is 0.